The minimum atomic E-state index is 0. The molecule has 70 valence electrons. The quantitative estimate of drug-likeness (QED) is 0.502. The number of imidazole rings is 1. The van der Waals surface area contributed by atoms with Crippen molar-refractivity contribution in [1.29, 1.82) is 0 Å². The predicted molar refractivity (Wildman–Crippen MR) is 42.1 cm³/mol. The molecule has 1 aromatic rings. The third kappa shape index (κ3) is 2.22. The SMILES string of the molecule is CCc1n(CCO)cc[n+]1C.[Cl-]. The van der Waals surface area contributed by atoms with E-state index in [0.29, 0.717) is 6.54 Å². The van der Waals surface area contributed by atoms with Crippen molar-refractivity contribution in [3.8, 4) is 0 Å². The summed E-state index contributed by atoms with van der Waals surface area (Å²) in [7, 11) is 2.02. The molecule has 0 atom stereocenters. The lowest BCUT2D eigenvalue weighted by Gasteiger charge is -1.96. The van der Waals surface area contributed by atoms with Gasteiger partial charge in [-0.3, -0.25) is 0 Å². The Hall–Kier alpha value is -0.540. The van der Waals surface area contributed by atoms with Crippen LogP contribution in [0.5, 0.6) is 0 Å². The highest BCUT2D eigenvalue weighted by molar-refractivity contribution is 4.82. The highest BCUT2D eigenvalue weighted by Gasteiger charge is 2.10. The fourth-order valence-corrected chi connectivity index (χ4v) is 1.32. The molecule has 12 heavy (non-hydrogen) atoms. The van der Waals surface area contributed by atoms with Gasteiger partial charge in [0, 0.05) is 6.42 Å². The lowest BCUT2D eigenvalue weighted by atomic mass is 10.4. The lowest BCUT2D eigenvalue weighted by Crippen LogP contribution is -3.00. The number of aliphatic hydroxyl groups excluding tert-OH is 1. The number of halogens is 1. The number of rotatable bonds is 3. The molecule has 1 rings (SSSR count). The third-order valence-corrected chi connectivity index (χ3v) is 1.87. The van der Waals surface area contributed by atoms with Crippen molar-refractivity contribution in [3.05, 3.63) is 18.2 Å². The van der Waals surface area contributed by atoms with Crippen molar-refractivity contribution in [1.82, 2.24) is 4.57 Å². The zero-order valence-corrected chi connectivity index (χ0v) is 8.25. The van der Waals surface area contributed by atoms with Crippen molar-refractivity contribution < 1.29 is 22.1 Å². The third-order valence-electron chi connectivity index (χ3n) is 1.87. The molecule has 0 amide bonds. The Kier molecular flexibility index (Phi) is 4.93. The highest BCUT2D eigenvalue weighted by atomic mass is 35.5. The maximum Gasteiger partial charge on any atom is 0.255 e. The summed E-state index contributed by atoms with van der Waals surface area (Å²) >= 11 is 0. The molecule has 0 aromatic carbocycles. The van der Waals surface area contributed by atoms with Crippen LogP contribution >= 0.6 is 0 Å². The number of hydrogen-bond acceptors (Lipinski definition) is 1. The Bertz CT molecular complexity index is 235. The number of aliphatic hydroxyl groups is 1. The van der Waals surface area contributed by atoms with Crippen LogP contribution in [0.15, 0.2) is 12.4 Å². The second kappa shape index (κ2) is 5.17. The van der Waals surface area contributed by atoms with Gasteiger partial charge in [-0.25, -0.2) is 9.13 Å². The molecule has 1 heterocycles. The van der Waals surface area contributed by atoms with E-state index in [1.54, 1.807) is 0 Å². The molecular weight excluding hydrogens is 176 g/mol. The first-order valence-electron chi connectivity index (χ1n) is 3.94. The van der Waals surface area contributed by atoms with Crippen molar-refractivity contribution in [2.24, 2.45) is 7.05 Å². The zero-order chi connectivity index (χ0) is 8.27. The normalized spacial score (nSPS) is 9.58. The molecule has 3 nitrogen and oxygen atoms in total. The van der Waals surface area contributed by atoms with Gasteiger partial charge in [0.1, 0.15) is 18.9 Å². The Morgan fingerprint density at radius 3 is 2.75 bits per heavy atom. The van der Waals surface area contributed by atoms with Crippen LogP contribution in [0.1, 0.15) is 12.7 Å². The fourth-order valence-electron chi connectivity index (χ4n) is 1.32. The van der Waals surface area contributed by atoms with E-state index in [0.717, 1.165) is 6.42 Å². The molecule has 0 bridgehead atoms. The van der Waals surface area contributed by atoms with E-state index >= 15 is 0 Å². The minimum Gasteiger partial charge on any atom is -1.00 e. The average molecular weight is 191 g/mol. The van der Waals surface area contributed by atoms with Crippen LogP contribution in [0.4, 0.5) is 0 Å². The lowest BCUT2D eigenvalue weighted by molar-refractivity contribution is -0.678. The summed E-state index contributed by atoms with van der Waals surface area (Å²) < 4.78 is 4.15. The first-order chi connectivity index (χ1) is 5.29. The maximum atomic E-state index is 8.72. The summed E-state index contributed by atoms with van der Waals surface area (Å²) in [6.45, 7) is 3.02. The van der Waals surface area contributed by atoms with Gasteiger partial charge in [0.25, 0.3) is 5.82 Å². The van der Waals surface area contributed by atoms with Crippen LogP contribution in [-0.2, 0) is 20.0 Å². The van der Waals surface area contributed by atoms with Gasteiger partial charge < -0.3 is 17.5 Å². The molecule has 0 saturated carbocycles. The first kappa shape index (κ1) is 11.5. The molecule has 0 spiro atoms. The molecular formula is C8H15ClN2O. The molecule has 1 N–H and O–H groups in total. The molecule has 0 aliphatic rings. The number of aromatic nitrogens is 2. The van der Waals surface area contributed by atoms with E-state index in [2.05, 4.69) is 16.1 Å². The van der Waals surface area contributed by atoms with Gasteiger partial charge in [0.2, 0.25) is 0 Å². The van der Waals surface area contributed by atoms with Crippen LogP contribution in [0.25, 0.3) is 0 Å². The van der Waals surface area contributed by atoms with Gasteiger partial charge in [-0.2, -0.15) is 0 Å². The smallest absolute Gasteiger partial charge is 0.255 e. The predicted octanol–water partition coefficient (Wildman–Crippen LogP) is -3.13. The minimum absolute atomic E-state index is 0. The van der Waals surface area contributed by atoms with E-state index in [-0.39, 0.29) is 19.0 Å². The summed E-state index contributed by atoms with van der Waals surface area (Å²) in [4.78, 5) is 0. The molecule has 0 fully saturated rings. The van der Waals surface area contributed by atoms with Gasteiger partial charge in [-0.05, 0) is 0 Å². The Labute approximate surface area is 79.1 Å². The Morgan fingerprint density at radius 1 is 1.58 bits per heavy atom. The summed E-state index contributed by atoms with van der Waals surface area (Å²) in [6, 6.07) is 0. The van der Waals surface area contributed by atoms with Crippen molar-refractivity contribution in [3.63, 3.8) is 0 Å². The average Bonchev–Trinajstić information content (AvgIpc) is 2.33. The summed E-state index contributed by atoms with van der Waals surface area (Å²) in [5.74, 6) is 1.25. The van der Waals surface area contributed by atoms with E-state index in [4.69, 9.17) is 5.11 Å². The topological polar surface area (TPSA) is 29.0 Å². The molecule has 1 aromatic heterocycles. The van der Waals surface area contributed by atoms with Gasteiger partial charge in [0.05, 0.1) is 13.7 Å². The number of nitrogens with zero attached hydrogens (tertiary/aromatic N) is 2. The maximum absolute atomic E-state index is 8.72. The molecule has 0 saturated heterocycles. The van der Waals surface area contributed by atoms with E-state index in [9.17, 15) is 0 Å². The molecule has 0 aliphatic carbocycles. The first-order valence-corrected chi connectivity index (χ1v) is 3.94. The van der Waals surface area contributed by atoms with Gasteiger partial charge >= 0.3 is 0 Å². The summed E-state index contributed by atoms with van der Waals surface area (Å²) in [5.41, 5.74) is 0. The van der Waals surface area contributed by atoms with Gasteiger partial charge in [-0.1, -0.05) is 6.92 Å². The fraction of sp³-hybridized carbons (Fsp3) is 0.625. The Morgan fingerprint density at radius 2 is 2.25 bits per heavy atom. The van der Waals surface area contributed by atoms with Crippen molar-refractivity contribution >= 4 is 0 Å². The van der Waals surface area contributed by atoms with Crippen LogP contribution in [0, 0.1) is 0 Å². The molecule has 0 radical (unpaired) electrons. The van der Waals surface area contributed by atoms with Gasteiger partial charge in [0.15, 0.2) is 0 Å². The molecule has 4 heteroatoms. The second-order valence-electron chi connectivity index (χ2n) is 2.60. The second-order valence-corrected chi connectivity index (χ2v) is 2.60. The van der Waals surface area contributed by atoms with Crippen LogP contribution in [0.3, 0.4) is 0 Å². The van der Waals surface area contributed by atoms with Crippen LogP contribution in [-0.4, -0.2) is 16.3 Å². The zero-order valence-electron chi connectivity index (χ0n) is 7.50. The Balaban J connectivity index is 0.00000121. The molecule has 0 unspecified atom stereocenters. The van der Waals surface area contributed by atoms with E-state index in [1.807, 2.05) is 19.4 Å². The van der Waals surface area contributed by atoms with E-state index < -0.39 is 0 Å². The monoisotopic (exact) mass is 190 g/mol. The van der Waals surface area contributed by atoms with Crippen LogP contribution in [0.2, 0.25) is 0 Å². The standard InChI is InChI=1S/C8H15N2O.ClH/c1-3-8-9(2)4-5-10(8)6-7-11;/h4-5,11H,3,6-7H2,1-2H3;1H/q+1;/p-1. The number of hydrogen-bond donors (Lipinski definition) is 1. The van der Waals surface area contributed by atoms with Crippen LogP contribution < -0.4 is 17.0 Å². The largest absolute Gasteiger partial charge is 1.00 e. The summed E-state index contributed by atoms with van der Waals surface area (Å²) in [5, 5.41) is 8.72. The number of aryl methyl sites for hydroxylation is 1. The summed E-state index contributed by atoms with van der Waals surface area (Å²) in [6.07, 6.45) is 5.01. The molecule has 0 aliphatic heterocycles. The van der Waals surface area contributed by atoms with Crippen molar-refractivity contribution in [2.75, 3.05) is 6.61 Å². The van der Waals surface area contributed by atoms with Gasteiger partial charge in [-0.15, -0.1) is 0 Å². The van der Waals surface area contributed by atoms with Crippen molar-refractivity contribution in [2.45, 2.75) is 19.9 Å². The highest BCUT2D eigenvalue weighted by Crippen LogP contribution is 1.94. The van der Waals surface area contributed by atoms with E-state index in [1.165, 1.54) is 5.82 Å².